The highest BCUT2D eigenvalue weighted by atomic mass is 32.2. The maximum atomic E-state index is 13.2. The molecule has 10 heteroatoms. The maximum Gasteiger partial charge on any atom is 0.309 e. The molecule has 1 aromatic heterocycles. The average Bonchev–Trinajstić information content (AvgIpc) is 3.33. The molecule has 1 fully saturated rings. The molecule has 0 radical (unpaired) electrons. The van der Waals surface area contributed by atoms with Crippen LogP contribution in [-0.4, -0.2) is 53.8 Å². The number of sulfonamides is 1. The highest BCUT2D eigenvalue weighted by Crippen LogP contribution is 2.35. The van der Waals surface area contributed by atoms with Crippen molar-refractivity contribution in [3.63, 3.8) is 0 Å². The summed E-state index contributed by atoms with van der Waals surface area (Å²) in [5.74, 6) is -0.510. The van der Waals surface area contributed by atoms with Crippen molar-refractivity contribution in [2.24, 2.45) is 5.92 Å². The lowest BCUT2D eigenvalue weighted by molar-refractivity contribution is -0.136. The van der Waals surface area contributed by atoms with Crippen LogP contribution in [0.3, 0.4) is 0 Å². The number of fused-ring (bicyclic) bond motifs is 1. The second kappa shape index (κ2) is 8.26. The molecule has 2 atom stereocenters. The number of nitrogens with zero attached hydrogens (tertiary/aromatic N) is 4. The van der Waals surface area contributed by atoms with Gasteiger partial charge in [-0.1, -0.05) is 6.92 Å². The molecule has 0 aliphatic carbocycles. The Hall–Kier alpha value is -3.42. The summed E-state index contributed by atoms with van der Waals surface area (Å²) in [7, 11) is -2.20. The van der Waals surface area contributed by atoms with E-state index in [2.05, 4.69) is 11.2 Å². The van der Waals surface area contributed by atoms with Crippen LogP contribution >= 0.6 is 0 Å². The normalized spacial score (nSPS) is 19.2. The largest absolute Gasteiger partial charge is 0.497 e. The molecule has 3 aromatic rings. The minimum Gasteiger partial charge on any atom is -0.497 e. The van der Waals surface area contributed by atoms with Gasteiger partial charge in [0, 0.05) is 18.5 Å². The zero-order chi connectivity index (χ0) is 23.0. The number of carbonyl (C=O) groups is 1. The fourth-order valence-electron chi connectivity index (χ4n) is 4.12. The monoisotopic (exact) mass is 454 g/mol. The van der Waals surface area contributed by atoms with E-state index in [1.54, 1.807) is 35.0 Å². The Morgan fingerprint density at radius 2 is 1.97 bits per heavy atom. The Bertz CT molecular complexity index is 1320. The fourth-order valence-corrected chi connectivity index (χ4v) is 5.68. The van der Waals surface area contributed by atoms with E-state index in [0.717, 1.165) is 0 Å². The second-order valence-electron chi connectivity index (χ2n) is 7.85. The number of carboxylic acid groups (broad SMARTS) is 1. The molecule has 4 rings (SSSR count). The first-order valence-corrected chi connectivity index (χ1v) is 11.5. The lowest BCUT2D eigenvalue weighted by atomic mass is 10.1. The van der Waals surface area contributed by atoms with Gasteiger partial charge in [-0.05, 0) is 48.4 Å². The van der Waals surface area contributed by atoms with Crippen molar-refractivity contribution >= 4 is 26.9 Å². The molecule has 2 heterocycles. The second-order valence-corrected chi connectivity index (χ2v) is 9.79. The quantitative estimate of drug-likeness (QED) is 0.606. The van der Waals surface area contributed by atoms with E-state index >= 15 is 0 Å². The molecule has 2 aromatic carbocycles. The van der Waals surface area contributed by atoms with Gasteiger partial charge in [0.25, 0.3) is 0 Å². The molecular weight excluding hydrogens is 432 g/mol. The number of hydrogen-bond donors (Lipinski definition) is 1. The molecule has 1 aliphatic rings. The van der Waals surface area contributed by atoms with E-state index in [9.17, 15) is 23.6 Å². The molecular formula is C22H22N4O5S. The summed E-state index contributed by atoms with van der Waals surface area (Å²) >= 11 is 0. The molecule has 9 nitrogen and oxygen atoms in total. The Morgan fingerprint density at radius 1 is 1.25 bits per heavy atom. The smallest absolute Gasteiger partial charge is 0.309 e. The molecule has 0 spiro atoms. The van der Waals surface area contributed by atoms with E-state index in [1.807, 2.05) is 6.92 Å². The highest BCUT2D eigenvalue weighted by Gasteiger charge is 2.39. The molecule has 1 N–H and O–H groups in total. The summed E-state index contributed by atoms with van der Waals surface area (Å²) in [4.78, 5) is 11.5. The van der Waals surface area contributed by atoms with Gasteiger partial charge in [0.2, 0.25) is 10.0 Å². The summed E-state index contributed by atoms with van der Waals surface area (Å²) in [6.45, 7) is 2.46. The van der Waals surface area contributed by atoms with Crippen LogP contribution in [0.4, 0.5) is 0 Å². The highest BCUT2D eigenvalue weighted by molar-refractivity contribution is 7.89. The van der Waals surface area contributed by atoms with Crippen LogP contribution in [0.25, 0.3) is 10.9 Å². The summed E-state index contributed by atoms with van der Waals surface area (Å²) in [5.41, 5.74) is 1.45. The number of methoxy groups -OCH3 is 1. The van der Waals surface area contributed by atoms with Crippen molar-refractivity contribution in [1.82, 2.24) is 14.1 Å². The molecule has 32 heavy (non-hydrogen) atoms. The fraction of sp³-hybridized carbons (Fsp3) is 0.318. The maximum absolute atomic E-state index is 13.2. The first kappa shape index (κ1) is 21.8. The lowest BCUT2D eigenvalue weighted by Gasteiger charge is -2.18. The van der Waals surface area contributed by atoms with Gasteiger partial charge in [-0.2, -0.15) is 14.7 Å². The predicted octanol–water partition coefficient (Wildman–Crippen LogP) is 2.43. The van der Waals surface area contributed by atoms with E-state index < -0.39 is 16.0 Å². The number of benzene rings is 2. The Balaban J connectivity index is 1.70. The van der Waals surface area contributed by atoms with Crippen LogP contribution in [0.2, 0.25) is 0 Å². The average molecular weight is 455 g/mol. The van der Waals surface area contributed by atoms with Crippen molar-refractivity contribution in [2.75, 3.05) is 20.2 Å². The van der Waals surface area contributed by atoms with Crippen LogP contribution in [0, 0.1) is 17.2 Å². The summed E-state index contributed by atoms with van der Waals surface area (Å²) in [6.07, 6.45) is -0.284. The van der Waals surface area contributed by atoms with Gasteiger partial charge in [0.05, 0.1) is 47.3 Å². The van der Waals surface area contributed by atoms with Crippen LogP contribution in [0.15, 0.2) is 47.4 Å². The van der Waals surface area contributed by atoms with Crippen LogP contribution in [-0.2, 0) is 21.2 Å². The van der Waals surface area contributed by atoms with Crippen molar-refractivity contribution in [2.45, 2.75) is 24.3 Å². The number of aliphatic carboxylic acids is 1. The number of ether oxygens (including phenoxy) is 1. The SMILES string of the molecule is COc1ccc(S(=O)(=O)N2C[C@H](C)[C@@H](n3nc(CC(=O)O)c4cc(C#N)ccc43)C2)cc1. The minimum absolute atomic E-state index is 0.0561. The van der Waals surface area contributed by atoms with Crippen molar-refractivity contribution < 1.29 is 23.1 Å². The third kappa shape index (κ3) is 3.81. The third-order valence-corrected chi connectivity index (χ3v) is 7.63. The molecule has 0 saturated carbocycles. The standard InChI is InChI=1S/C22H22N4O5S/c1-14-12-25(32(29,30)17-6-4-16(31-2)5-7-17)13-21(14)26-20-8-3-15(11-23)9-18(20)19(24-26)10-22(27)28/h3-9,14,21H,10,12-13H2,1-2H3,(H,27,28)/t14-,21-/m0/s1. The molecule has 166 valence electrons. The van der Waals surface area contributed by atoms with E-state index in [0.29, 0.717) is 34.5 Å². The van der Waals surface area contributed by atoms with Gasteiger partial charge >= 0.3 is 5.97 Å². The van der Waals surface area contributed by atoms with Crippen LogP contribution in [0.1, 0.15) is 24.2 Å². The first-order chi connectivity index (χ1) is 15.2. The first-order valence-electron chi connectivity index (χ1n) is 10.0. The predicted molar refractivity (Wildman–Crippen MR) is 116 cm³/mol. The number of carboxylic acids is 1. The Labute approximate surface area is 185 Å². The van der Waals surface area contributed by atoms with Gasteiger partial charge in [-0.3, -0.25) is 9.48 Å². The van der Waals surface area contributed by atoms with Crippen LogP contribution in [0.5, 0.6) is 5.75 Å². The van der Waals surface area contributed by atoms with Crippen LogP contribution < -0.4 is 4.74 Å². The van der Waals surface area contributed by atoms with Gasteiger partial charge in [0.1, 0.15) is 5.75 Å². The zero-order valence-corrected chi connectivity index (χ0v) is 18.4. The summed E-state index contributed by atoms with van der Waals surface area (Å²) < 4.78 is 34.6. The van der Waals surface area contributed by atoms with E-state index in [-0.39, 0.29) is 29.8 Å². The van der Waals surface area contributed by atoms with Crippen molar-refractivity contribution in [1.29, 1.82) is 5.26 Å². The van der Waals surface area contributed by atoms with Crippen molar-refractivity contribution in [3.8, 4) is 11.8 Å². The summed E-state index contributed by atoms with van der Waals surface area (Å²) in [6, 6.07) is 13.0. The molecule has 0 unspecified atom stereocenters. The zero-order valence-electron chi connectivity index (χ0n) is 17.6. The molecule has 1 saturated heterocycles. The summed E-state index contributed by atoms with van der Waals surface area (Å²) in [5, 5.41) is 23.6. The topological polar surface area (TPSA) is 126 Å². The van der Waals surface area contributed by atoms with Gasteiger partial charge in [0.15, 0.2) is 0 Å². The minimum atomic E-state index is -3.71. The Kier molecular flexibility index (Phi) is 5.62. The van der Waals surface area contributed by atoms with E-state index in [1.165, 1.54) is 23.5 Å². The molecule has 0 bridgehead atoms. The molecule has 1 aliphatic heterocycles. The van der Waals surface area contributed by atoms with Gasteiger partial charge < -0.3 is 9.84 Å². The number of nitriles is 1. The lowest BCUT2D eigenvalue weighted by Crippen LogP contribution is -2.29. The van der Waals surface area contributed by atoms with E-state index in [4.69, 9.17) is 4.74 Å². The van der Waals surface area contributed by atoms with Crippen molar-refractivity contribution in [3.05, 3.63) is 53.7 Å². The number of aromatic nitrogens is 2. The third-order valence-electron chi connectivity index (χ3n) is 5.78. The number of rotatable bonds is 6. The Morgan fingerprint density at radius 3 is 2.59 bits per heavy atom. The van der Waals surface area contributed by atoms with Gasteiger partial charge in [-0.15, -0.1) is 0 Å². The molecule has 0 amide bonds. The van der Waals surface area contributed by atoms with Gasteiger partial charge in [-0.25, -0.2) is 8.42 Å². The number of hydrogen-bond acceptors (Lipinski definition) is 6.